The van der Waals surface area contributed by atoms with Crippen molar-refractivity contribution in [3.05, 3.63) is 29.8 Å². The van der Waals surface area contributed by atoms with E-state index in [4.69, 9.17) is 5.11 Å². The summed E-state index contributed by atoms with van der Waals surface area (Å²) in [5, 5.41) is 11.6. The van der Waals surface area contributed by atoms with Crippen LogP contribution in [0.25, 0.3) is 0 Å². The molecule has 1 rings (SSSR count). The number of amides is 1. The van der Waals surface area contributed by atoms with Gasteiger partial charge in [0, 0.05) is 11.4 Å². The molecule has 0 atom stereocenters. The molecule has 0 aliphatic heterocycles. The van der Waals surface area contributed by atoms with E-state index in [0.29, 0.717) is 12.3 Å². The summed E-state index contributed by atoms with van der Waals surface area (Å²) in [6.45, 7) is 2.63. The molecular formula is C11H15NO2S. The molecule has 1 aromatic rings. The van der Waals surface area contributed by atoms with E-state index in [9.17, 15) is 4.79 Å². The molecule has 4 heteroatoms. The number of carbonyl (C=O) groups is 1. The Labute approximate surface area is 93.9 Å². The van der Waals surface area contributed by atoms with Gasteiger partial charge in [0.25, 0.3) is 0 Å². The SMILES string of the molecule is CCNC(=O)CSc1ccc(CO)cc1. The first-order chi connectivity index (χ1) is 7.26. The van der Waals surface area contributed by atoms with Crippen molar-refractivity contribution in [1.82, 2.24) is 5.32 Å². The van der Waals surface area contributed by atoms with Crippen LogP contribution in [0, 0.1) is 0 Å². The van der Waals surface area contributed by atoms with Gasteiger partial charge in [-0.05, 0) is 24.6 Å². The van der Waals surface area contributed by atoms with E-state index in [0.717, 1.165) is 10.5 Å². The van der Waals surface area contributed by atoms with Gasteiger partial charge in [-0.25, -0.2) is 0 Å². The van der Waals surface area contributed by atoms with Gasteiger partial charge in [-0.2, -0.15) is 0 Å². The second-order valence-electron chi connectivity index (χ2n) is 3.04. The molecule has 0 fully saturated rings. The summed E-state index contributed by atoms with van der Waals surface area (Å²) in [7, 11) is 0. The fraction of sp³-hybridized carbons (Fsp3) is 0.364. The molecular weight excluding hydrogens is 210 g/mol. The van der Waals surface area contributed by atoms with Crippen LogP contribution in [0.4, 0.5) is 0 Å². The fourth-order valence-corrected chi connectivity index (χ4v) is 1.82. The van der Waals surface area contributed by atoms with Gasteiger partial charge in [-0.15, -0.1) is 11.8 Å². The molecule has 0 aromatic heterocycles. The molecule has 1 amide bonds. The van der Waals surface area contributed by atoms with Gasteiger partial charge < -0.3 is 10.4 Å². The molecule has 0 unspecified atom stereocenters. The van der Waals surface area contributed by atoms with E-state index >= 15 is 0 Å². The number of benzene rings is 1. The van der Waals surface area contributed by atoms with Crippen molar-refractivity contribution in [3.8, 4) is 0 Å². The van der Waals surface area contributed by atoms with Crippen LogP contribution in [0.2, 0.25) is 0 Å². The minimum absolute atomic E-state index is 0.0498. The minimum Gasteiger partial charge on any atom is -0.392 e. The van der Waals surface area contributed by atoms with Crippen molar-refractivity contribution in [1.29, 1.82) is 0 Å². The van der Waals surface area contributed by atoms with Crippen LogP contribution < -0.4 is 5.32 Å². The third-order valence-electron chi connectivity index (χ3n) is 1.85. The molecule has 0 saturated heterocycles. The lowest BCUT2D eigenvalue weighted by molar-refractivity contribution is -0.118. The van der Waals surface area contributed by atoms with Crippen LogP contribution in [0.1, 0.15) is 12.5 Å². The monoisotopic (exact) mass is 225 g/mol. The predicted molar refractivity (Wildman–Crippen MR) is 61.8 cm³/mol. The molecule has 3 nitrogen and oxygen atoms in total. The molecule has 0 spiro atoms. The number of aliphatic hydroxyl groups is 1. The highest BCUT2D eigenvalue weighted by atomic mass is 32.2. The maximum atomic E-state index is 11.2. The lowest BCUT2D eigenvalue weighted by atomic mass is 10.2. The van der Waals surface area contributed by atoms with Crippen molar-refractivity contribution in [2.45, 2.75) is 18.4 Å². The molecule has 0 bridgehead atoms. The van der Waals surface area contributed by atoms with Crippen molar-refractivity contribution < 1.29 is 9.90 Å². The van der Waals surface area contributed by atoms with E-state index in [1.54, 1.807) is 0 Å². The summed E-state index contributed by atoms with van der Waals surface area (Å²) in [5.41, 5.74) is 0.886. The van der Waals surface area contributed by atoms with Crippen LogP contribution in [-0.4, -0.2) is 23.3 Å². The third kappa shape index (κ3) is 4.36. The number of hydrogen-bond acceptors (Lipinski definition) is 3. The lowest BCUT2D eigenvalue weighted by Gasteiger charge is -2.03. The Morgan fingerprint density at radius 1 is 1.40 bits per heavy atom. The molecule has 1 aromatic carbocycles. The Morgan fingerprint density at radius 3 is 2.60 bits per heavy atom. The van der Waals surface area contributed by atoms with Gasteiger partial charge >= 0.3 is 0 Å². The molecule has 0 saturated carbocycles. The quantitative estimate of drug-likeness (QED) is 0.745. The highest BCUT2D eigenvalue weighted by Gasteiger charge is 2.00. The van der Waals surface area contributed by atoms with Gasteiger partial charge in [0.2, 0.25) is 5.91 Å². The maximum Gasteiger partial charge on any atom is 0.230 e. The van der Waals surface area contributed by atoms with E-state index in [2.05, 4.69) is 5.32 Å². The van der Waals surface area contributed by atoms with Gasteiger partial charge in [-0.3, -0.25) is 4.79 Å². The van der Waals surface area contributed by atoms with Crippen molar-refractivity contribution in [2.24, 2.45) is 0 Å². The Bertz CT molecular complexity index is 311. The number of nitrogens with one attached hydrogen (secondary N) is 1. The summed E-state index contributed by atoms with van der Waals surface area (Å²) < 4.78 is 0. The summed E-state index contributed by atoms with van der Waals surface area (Å²) >= 11 is 1.49. The number of thioether (sulfide) groups is 1. The van der Waals surface area contributed by atoms with Crippen LogP contribution >= 0.6 is 11.8 Å². The number of carbonyl (C=O) groups excluding carboxylic acids is 1. The summed E-state index contributed by atoms with van der Waals surface area (Å²) in [6, 6.07) is 7.55. The third-order valence-corrected chi connectivity index (χ3v) is 2.86. The molecule has 2 N–H and O–H groups in total. The molecule has 0 radical (unpaired) electrons. The largest absolute Gasteiger partial charge is 0.392 e. The van der Waals surface area contributed by atoms with Gasteiger partial charge in [0.15, 0.2) is 0 Å². The zero-order chi connectivity index (χ0) is 11.1. The fourth-order valence-electron chi connectivity index (χ4n) is 1.09. The van der Waals surface area contributed by atoms with Crippen LogP contribution in [-0.2, 0) is 11.4 Å². The normalized spacial score (nSPS) is 10.0. The van der Waals surface area contributed by atoms with Crippen LogP contribution in [0.5, 0.6) is 0 Å². The van der Waals surface area contributed by atoms with Crippen molar-refractivity contribution >= 4 is 17.7 Å². The van der Waals surface area contributed by atoms with E-state index in [1.165, 1.54) is 11.8 Å². The molecule has 0 aliphatic rings. The zero-order valence-electron chi connectivity index (χ0n) is 8.69. The lowest BCUT2D eigenvalue weighted by Crippen LogP contribution is -2.24. The smallest absolute Gasteiger partial charge is 0.230 e. The van der Waals surface area contributed by atoms with E-state index in [1.807, 2.05) is 31.2 Å². The number of hydrogen-bond donors (Lipinski definition) is 2. The zero-order valence-corrected chi connectivity index (χ0v) is 9.51. The Kier molecular flexibility index (Phi) is 5.21. The minimum atomic E-state index is 0.0498. The first-order valence-electron chi connectivity index (χ1n) is 4.85. The Morgan fingerprint density at radius 2 is 2.07 bits per heavy atom. The standard InChI is InChI=1S/C11H15NO2S/c1-2-12-11(14)8-15-10-5-3-9(7-13)4-6-10/h3-6,13H,2,7-8H2,1H3,(H,12,14). The molecule has 82 valence electrons. The average Bonchev–Trinajstić information content (AvgIpc) is 2.27. The molecule has 0 aliphatic carbocycles. The van der Waals surface area contributed by atoms with Crippen LogP contribution in [0.3, 0.4) is 0 Å². The number of rotatable bonds is 5. The van der Waals surface area contributed by atoms with Crippen molar-refractivity contribution in [3.63, 3.8) is 0 Å². The maximum absolute atomic E-state index is 11.2. The average molecular weight is 225 g/mol. The summed E-state index contributed by atoms with van der Waals surface area (Å²) in [5.74, 6) is 0.487. The van der Waals surface area contributed by atoms with Crippen LogP contribution in [0.15, 0.2) is 29.2 Å². The first-order valence-corrected chi connectivity index (χ1v) is 5.84. The summed E-state index contributed by atoms with van der Waals surface area (Å²) in [4.78, 5) is 12.2. The summed E-state index contributed by atoms with van der Waals surface area (Å²) in [6.07, 6.45) is 0. The Balaban J connectivity index is 2.40. The number of aliphatic hydroxyl groups excluding tert-OH is 1. The predicted octanol–water partition coefficient (Wildman–Crippen LogP) is 1.41. The first kappa shape index (κ1) is 12.1. The van der Waals surface area contributed by atoms with Crippen molar-refractivity contribution in [2.75, 3.05) is 12.3 Å². The van der Waals surface area contributed by atoms with Gasteiger partial charge in [0.05, 0.1) is 12.4 Å². The highest BCUT2D eigenvalue weighted by molar-refractivity contribution is 8.00. The van der Waals surface area contributed by atoms with E-state index < -0.39 is 0 Å². The second-order valence-corrected chi connectivity index (χ2v) is 4.09. The Hall–Kier alpha value is -1.00. The highest BCUT2D eigenvalue weighted by Crippen LogP contribution is 2.17. The molecule has 15 heavy (non-hydrogen) atoms. The van der Waals surface area contributed by atoms with E-state index in [-0.39, 0.29) is 12.5 Å². The van der Waals surface area contributed by atoms with Gasteiger partial charge in [0.1, 0.15) is 0 Å². The molecule has 0 heterocycles. The van der Waals surface area contributed by atoms with Gasteiger partial charge in [-0.1, -0.05) is 12.1 Å². The second kappa shape index (κ2) is 6.48. The topological polar surface area (TPSA) is 49.3 Å².